The SMILES string of the molecule is [2H]C([2H])([2H])[C@]([2H])(N)C(=O)O. The Hall–Kier alpha value is -0.570. The van der Waals surface area contributed by atoms with Crippen LogP contribution in [0.5, 0.6) is 0 Å². The van der Waals surface area contributed by atoms with E-state index in [0.29, 0.717) is 0 Å². The molecule has 36 valence electrons. The number of aliphatic carboxylic acids is 1. The van der Waals surface area contributed by atoms with Crippen molar-refractivity contribution in [2.45, 2.75) is 12.9 Å². The monoisotopic (exact) mass is 93.1 g/mol. The molecule has 1 atom stereocenters. The van der Waals surface area contributed by atoms with Gasteiger partial charge in [-0.3, -0.25) is 4.79 Å². The summed E-state index contributed by atoms with van der Waals surface area (Å²) in [5, 5.41) is 8.10. The lowest BCUT2D eigenvalue weighted by molar-refractivity contribution is -0.138. The lowest BCUT2D eigenvalue weighted by atomic mass is 10.4. The van der Waals surface area contributed by atoms with Crippen LogP contribution in [0.4, 0.5) is 0 Å². The van der Waals surface area contributed by atoms with Crippen LogP contribution in [-0.4, -0.2) is 17.1 Å². The first-order valence-electron chi connectivity index (χ1n) is 3.22. The largest absolute Gasteiger partial charge is 0.480 e. The summed E-state index contributed by atoms with van der Waals surface area (Å²) in [5.74, 6) is -1.85. The molecule has 0 radical (unpaired) electrons. The highest BCUT2D eigenvalue weighted by atomic mass is 16.4. The van der Waals surface area contributed by atoms with Crippen LogP contribution in [0.2, 0.25) is 0 Å². The number of carboxylic acid groups (broad SMARTS) is 1. The zero-order valence-corrected chi connectivity index (χ0v) is 2.93. The van der Waals surface area contributed by atoms with Crippen molar-refractivity contribution >= 4 is 5.97 Å². The normalized spacial score (nSPS) is 30.8. The Morgan fingerprint density at radius 2 is 3.00 bits per heavy atom. The first kappa shape index (κ1) is 1.50. The molecule has 0 aromatic heterocycles. The van der Waals surface area contributed by atoms with Gasteiger partial charge in [-0.2, -0.15) is 0 Å². The third-order valence-corrected chi connectivity index (χ3v) is 0.230. The summed E-state index contributed by atoms with van der Waals surface area (Å²) in [7, 11) is 0. The number of rotatable bonds is 1. The number of hydrogen-bond acceptors (Lipinski definition) is 2. The predicted molar refractivity (Wildman–Crippen MR) is 21.3 cm³/mol. The molecule has 0 aliphatic carbocycles. The van der Waals surface area contributed by atoms with Gasteiger partial charge in [-0.15, -0.1) is 0 Å². The van der Waals surface area contributed by atoms with Gasteiger partial charge in [-0.25, -0.2) is 0 Å². The second-order valence-electron chi connectivity index (χ2n) is 0.719. The van der Waals surface area contributed by atoms with Gasteiger partial charge in [-0.1, -0.05) is 0 Å². The summed E-state index contributed by atoms with van der Waals surface area (Å²) in [6.45, 7) is -2.99. The molecule has 0 aliphatic heterocycles. The van der Waals surface area contributed by atoms with E-state index in [4.69, 9.17) is 10.6 Å². The van der Waals surface area contributed by atoms with Gasteiger partial charge in [0.05, 0.1) is 1.37 Å². The van der Waals surface area contributed by atoms with Crippen LogP contribution >= 0.6 is 0 Å². The highest BCUT2D eigenvalue weighted by Crippen LogP contribution is 1.68. The van der Waals surface area contributed by atoms with E-state index in [0.717, 1.165) is 0 Å². The topological polar surface area (TPSA) is 63.3 Å². The first-order chi connectivity index (χ1) is 4.19. The second kappa shape index (κ2) is 1.77. The highest BCUT2D eigenvalue weighted by Gasteiger charge is 1.99. The average Bonchev–Trinajstić information content (AvgIpc) is 1.62. The van der Waals surface area contributed by atoms with Gasteiger partial charge < -0.3 is 10.8 Å². The van der Waals surface area contributed by atoms with Crippen molar-refractivity contribution in [3.8, 4) is 0 Å². The fourth-order valence-electron chi connectivity index (χ4n) is 0. The average molecular weight is 93.1 g/mol. The van der Waals surface area contributed by atoms with Crippen molar-refractivity contribution in [3.63, 3.8) is 0 Å². The van der Waals surface area contributed by atoms with Crippen molar-refractivity contribution in [2.24, 2.45) is 5.73 Å². The lowest BCUT2D eigenvalue weighted by Crippen LogP contribution is -2.25. The summed E-state index contributed by atoms with van der Waals surface area (Å²) in [4.78, 5) is 10.00. The van der Waals surface area contributed by atoms with Gasteiger partial charge >= 0.3 is 5.97 Å². The van der Waals surface area contributed by atoms with E-state index in [1.54, 1.807) is 0 Å². The quantitative estimate of drug-likeness (QED) is 0.455. The van der Waals surface area contributed by atoms with Crippen molar-refractivity contribution in [1.29, 1.82) is 0 Å². The fourth-order valence-corrected chi connectivity index (χ4v) is 0. The van der Waals surface area contributed by atoms with Crippen LogP contribution in [0, 0.1) is 0 Å². The molecule has 0 heterocycles. The third-order valence-electron chi connectivity index (χ3n) is 0.230. The molecule has 0 spiro atoms. The Morgan fingerprint density at radius 1 is 2.50 bits per heavy atom. The first-order valence-corrected chi connectivity index (χ1v) is 1.22. The Labute approximate surface area is 41.4 Å². The number of carbonyl (C=O) groups is 1. The van der Waals surface area contributed by atoms with Crippen LogP contribution in [0.3, 0.4) is 0 Å². The number of carboxylic acids is 1. The van der Waals surface area contributed by atoms with E-state index in [9.17, 15) is 4.79 Å². The molecule has 0 rings (SSSR count). The molecule has 3 nitrogen and oxygen atoms in total. The maximum atomic E-state index is 10.00. The zero-order valence-electron chi connectivity index (χ0n) is 6.93. The Kier molecular flexibility index (Phi) is 0.442. The molecule has 3 N–H and O–H groups in total. The molecule has 0 aromatic rings. The minimum Gasteiger partial charge on any atom is -0.480 e. The molecule has 0 unspecified atom stereocenters. The minimum atomic E-state index is -2.99. The summed E-state index contributed by atoms with van der Waals surface area (Å²) < 4.78 is 26.2. The van der Waals surface area contributed by atoms with Crippen molar-refractivity contribution < 1.29 is 15.4 Å². The maximum Gasteiger partial charge on any atom is 0.320 e. The fraction of sp³-hybridized carbons (Fsp3) is 0.667. The number of nitrogens with two attached hydrogens (primary N) is 1. The second-order valence-corrected chi connectivity index (χ2v) is 0.719. The molecule has 0 fully saturated rings. The third kappa shape index (κ3) is 1.72. The molecule has 0 amide bonds. The minimum absolute atomic E-state index is 1.85. The molecule has 0 saturated heterocycles. The molecular weight excluding hydrogens is 82.0 g/mol. The van der Waals surface area contributed by atoms with Crippen LogP contribution < -0.4 is 5.73 Å². The Balaban J connectivity index is 4.57. The van der Waals surface area contributed by atoms with Crippen molar-refractivity contribution in [3.05, 3.63) is 0 Å². The van der Waals surface area contributed by atoms with Crippen LogP contribution in [-0.2, 0) is 4.79 Å². The summed E-state index contributed by atoms with van der Waals surface area (Å²) in [6.07, 6.45) is 0. The van der Waals surface area contributed by atoms with Crippen molar-refractivity contribution in [2.75, 3.05) is 0 Å². The van der Waals surface area contributed by atoms with Gasteiger partial charge in [0, 0.05) is 4.11 Å². The van der Waals surface area contributed by atoms with Crippen LogP contribution in [0.15, 0.2) is 0 Å². The van der Waals surface area contributed by atoms with Gasteiger partial charge in [0.25, 0.3) is 0 Å². The molecular formula is C3H7NO2. The zero-order chi connectivity index (χ0) is 8.58. The standard InChI is InChI=1S/C3H7NO2/c1-2(4)3(5)6/h2H,4H2,1H3,(H,5,6)/t2-/m0/s1/i1D3,2D. The molecule has 0 saturated carbocycles. The summed E-state index contributed by atoms with van der Waals surface area (Å²) >= 11 is 0. The number of hydrogen-bond donors (Lipinski definition) is 2. The van der Waals surface area contributed by atoms with Gasteiger partial charge in [0.1, 0.15) is 6.02 Å². The van der Waals surface area contributed by atoms with E-state index < -0.39 is 18.8 Å². The highest BCUT2D eigenvalue weighted by molar-refractivity contribution is 5.72. The Bertz CT molecular complexity index is 151. The summed E-state index contributed by atoms with van der Waals surface area (Å²) in [6, 6.07) is -2.90. The van der Waals surface area contributed by atoms with E-state index >= 15 is 0 Å². The smallest absolute Gasteiger partial charge is 0.320 e. The van der Waals surface area contributed by atoms with Gasteiger partial charge in [0.15, 0.2) is 0 Å². The lowest BCUT2D eigenvalue weighted by Gasteiger charge is -1.90. The van der Waals surface area contributed by atoms with E-state index in [-0.39, 0.29) is 0 Å². The van der Waals surface area contributed by atoms with Gasteiger partial charge in [-0.05, 0) is 6.85 Å². The predicted octanol–water partition coefficient (Wildman–Crippen LogP) is -0.582. The van der Waals surface area contributed by atoms with E-state index in [1.165, 1.54) is 0 Å². The molecule has 0 aromatic carbocycles. The van der Waals surface area contributed by atoms with Gasteiger partial charge in [0.2, 0.25) is 0 Å². The van der Waals surface area contributed by atoms with Crippen LogP contribution in [0.25, 0.3) is 0 Å². The molecule has 0 aliphatic rings. The Morgan fingerprint density at radius 3 is 3.00 bits per heavy atom. The maximum absolute atomic E-state index is 10.00. The molecule has 0 bridgehead atoms. The van der Waals surface area contributed by atoms with Crippen molar-refractivity contribution in [1.82, 2.24) is 0 Å². The molecule has 6 heavy (non-hydrogen) atoms. The van der Waals surface area contributed by atoms with Crippen LogP contribution in [0.1, 0.15) is 12.3 Å². The summed E-state index contributed by atoms with van der Waals surface area (Å²) in [5.41, 5.74) is 4.64. The van der Waals surface area contributed by atoms with E-state index in [2.05, 4.69) is 5.73 Å². The van der Waals surface area contributed by atoms with E-state index in [1.807, 2.05) is 0 Å². The molecule has 3 heteroatoms.